The lowest BCUT2D eigenvalue weighted by molar-refractivity contribution is -0.384. The highest BCUT2D eigenvalue weighted by atomic mass is 79.9. The van der Waals surface area contributed by atoms with E-state index in [-0.39, 0.29) is 17.9 Å². The summed E-state index contributed by atoms with van der Waals surface area (Å²) in [7, 11) is 0. The van der Waals surface area contributed by atoms with Gasteiger partial charge >= 0.3 is 0 Å². The number of carbonyl (C=O) groups is 1. The number of hydrogen-bond acceptors (Lipinski definition) is 5. The molecule has 7 nitrogen and oxygen atoms in total. The number of oxime groups is 1. The largest absolute Gasteiger partial charge is 0.410 e. The molecule has 2 aromatic carbocycles. The van der Waals surface area contributed by atoms with Crippen LogP contribution in [0.5, 0.6) is 0 Å². The Morgan fingerprint density at radius 3 is 2.52 bits per heavy atom. The zero-order chi connectivity index (χ0) is 16.6. The second kappa shape index (κ2) is 5.81. The first kappa shape index (κ1) is 15.2. The fraction of sp³-hybridized carbons (Fsp3) is 0.0667. The average Bonchev–Trinajstić information content (AvgIpc) is 2.79. The molecule has 0 bridgehead atoms. The molecule has 0 atom stereocenters. The molecule has 0 spiro atoms. The van der Waals surface area contributed by atoms with Crippen LogP contribution in [0.15, 0.2) is 52.1 Å². The van der Waals surface area contributed by atoms with Crippen molar-refractivity contribution in [2.45, 2.75) is 6.54 Å². The second-order valence-corrected chi connectivity index (χ2v) is 5.84. The van der Waals surface area contributed by atoms with Gasteiger partial charge in [-0.2, -0.15) is 0 Å². The Labute approximate surface area is 139 Å². The Kier molecular flexibility index (Phi) is 3.83. The number of nitro benzene ring substituents is 1. The van der Waals surface area contributed by atoms with Gasteiger partial charge in [-0.15, -0.1) is 0 Å². The highest BCUT2D eigenvalue weighted by molar-refractivity contribution is 9.10. The third-order valence-electron chi connectivity index (χ3n) is 3.54. The van der Waals surface area contributed by atoms with Gasteiger partial charge in [-0.05, 0) is 23.8 Å². The molecule has 0 radical (unpaired) electrons. The number of rotatable bonds is 3. The number of hydrogen-bond donors (Lipinski definition) is 1. The molecular weight excluding hydrogens is 366 g/mol. The molecule has 1 N–H and O–H groups in total. The molecule has 1 amide bonds. The van der Waals surface area contributed by atoms with E-state index in [2.05, 4.69) is 21.1 Å². The van der Waals surface area contributed by atoms with Crippen molar-refractivity contribution < 1.29 is 14.9 Å². The van der Waals surface area contributed by atoms with Crippen molar-refractivity contribution in [2.75, 3.05) is 4.90 Å². The van der Waals surface area contributed by atoms with Crippen molar-refractivity contribution in [3.05, 3.63) is 68.2 Å². The first-order valence-corrected chi connectivity index (χ1v) is 7.37. The van der Waals surface area contributed by atoms with Gasteiger partial charge in [-0.25, -0.2) is 0 Å². The zero-order valence-electron chi connectivity index (χ0n) is 11.6. The van der Waals surface area contributed by atoms with E-state index in [1.54, 1.807) is 30.3 Å². The Hall–Kier alpha value is -2.74. The minimum Gasteiger partial charge on any atom is -0.410 e. The van der Waals surface area contributed by atoms with Crippen molar-refractivity contribution >= 4 is 38.9 Å². The number of anilines is 1. The van der Waals surface area contributed by atoms with Crippen molar-refractivity contribution in [3.8, 4) is 0 Å². The van der Waals surface area contributed by atoms with Gasteiger partial charge in [0.15, 0.2) is 5.71 Å². The van der Waals surface area contributed by atoms with E-state index in [1.165, 1.54) is 17.0 Å². The molecule has 3 rings (SSSR count). The topological polar surface area (TPSA) is 96.0 Å². The van der Waals surface area contributed by atoms with Crippen LogP contribution in [-0.4, -0.2) is 21.7 Å². The highest BCUT2D eigenvalue weighted by Gasteiger charge is 2.34. The first-order chi connectivity index (χ1) is 11.0. The summed E-state index contributed by atoms with van der Waals surface area (Å²) in [5, 5.41) is 22.9. The van der Waals surface area contributed by atoms with Crippen molar-refractivity contribution in [1.29, 1.82) is 0 Å². The number of carbonyl (C=O) groups excluding carboxylic acids is 1. The Balaban J connectivity index is 1.95. The van der Waals surface area contributed by atoms with Crippen LogP contribution < -0.4 is 4.90 Å². The number of non-ortho nitro benzene ring substituents is 1. The van der Waals surface area contributed by atoms with Gasteiger partial charge in [0.1, 0.15) is 0 Å². The zero-order valence-corrected chi connectivity index (χ0v) is 13.2. The first-order valence-electron chi connectivity index (χ1n) is 6.58. The summed E-state index contributed by atoms with van der Waals surface area (Å²) >= 11 is 3.32. The van der Waals surface area contributed by atoms with Crippen LogP contribution in [0.3, 0.4) is 0 Å². The molecule has 116 valence electrons. The molecule has 0 saturated carbocycles. The number of benzene rings is 2. The molecule has 1 aliphatic rings. The van der Waals surface area contributed by atoms with E-state index in [0.717, 1.165) is 10.0 Å². The van der Waals surface area contributed by atoms with Crippen LogP contribution >= 0.6 is 15.9 Å². The Bertz CT molecular complexity index is 833. The van der Waals surface area contributed by atoms with Crippen LogP contribution in [0.25, 0.3) is 0 Å². The lowest BCUT2D eigenvalue weighted by Gasteiger charge is -2.16. The second-order valence-electron chi connectivity index (χ2n) is 4.92. The maximum atomic E-state index is 12.4. The number of amides is 1. The third-order valence-corrected chi connectivity index (χ3v) is 4.03. The summed E-state index contributed by atoms with van der Waals surface area (Å²) in [5.41, 5.74) is 1.86. The van der Waals surface area contributed by atoms with Gasteiger partial charge in [0, 0.05) is 22.2 Å². The lowest BCUT2D eigenvalue weighted by Crippen LogP contribution is -2.29. The smallest absolute Gasteiger partial charge is 0.281 e. The van der Waals surface area contributed by atoms with E-state index in [1.807, 2.05) is 0 Å². The van der Waals surface area contributed by atoms with E-state index < -0.39 is 10.8 Å². The number of nitrogens with zero attached hydrogens (tertiary/aromatic N) is 3. The molecule has 0 unspecified atom stereocenters. The van der Waals surface area contributed by atoms with E-state index in [0.29, 0.717) is 11.3 Å². The molecule has 1 aliphatic heterocycles. The van der Waals surface area contributed by atoms with Crippen LogP contribution in [0.2, 0.25) is 0 Å². The molecule has 8 heteroatoms. The molecule has 1 heterocycles. The lowest BCUT2D eigenvalue weighted by atomic mass is 10.1. The summed E-state index contributed by atoms with van der Waals surface area (Å²) < 4.78 is 0.766. The van der Waals surface area contributed by atoms with Gasteiger partial charge in [0.25, 0.3) is 11.6 Å². The monoisotopic (exact) mass is 375 g/mol. The van der Waals surface area contributed by atoms with Crippen LogP contribution in [0.4, 0.5) is 11.4 Å². The highest BCUT2D eigenvalue weighted by Crippen LogP contribution is 2.33. The number of nitro groups is 1. The molecule has 0 saturated heterocycles. The predicted molar refractivity (Wildman–Crippen MR) is 86.8 cm³/mol. The number of fused-ring (bicyclic) bond motifs is 1. The summed E-state index contributed by atoms with van der Waals surface area (Å²) in [6.07, 6.45) is 0. The summed E-state index contributed by atoms with van der Waals surface area (Å²) in [5.74, 6) is -0.418. The normalized spacial score (nSPS) is 15.1. The van der Waals surface area contributed by atoms with Crippen molar-refractivity contribution in [1.82, 2.24) is 0 Å². The van der Waals surface area contributed by atoms with Gasteiger partial charge < -0.3 is 10.1 Å². The minimum atomic E-state index is -0.478. The Morgan fingerprint density at radius 2 is 1.91 bits per heavy atom. The van der Waals surface area contributed by atoms with Crippen LogP contribution in [-0.2, 0) is 11.3 Å². The minimum absolute atomic E-state index is 0.0107. The molecule has 0 aromatic heterocycles. The average molecular weight is 376 g/mol. The third kappa shape index (κ3) is 2.68. The van der Waals surface area contributed by atoms with Crippen molar-refractivity contribution in [3.63, 3.8) is 0 Å². The quantitative estimate of drug-likeness (QED) is 0.506. The van der Waals surface area contributed by atoms with Gasteiger partial charge in [-0.3, -0.25) is 14.9 Å². The van der Waals surface area contributed by atoms with E-state index in [9.17, 15) is 14.9 Å². The molecular formula is C15H10BrN3O4. The van der Waals surface area contributed by atoms with Gasteiger partial charge in [0.05, 0.1) is 17.2 Å². The summed E-state index contributed by atoms with van der Waals surface area (Å²) in [6.45, 7) is 0.227. The SMILES string of the molecule is O=C1/C(=N\O)c2cc(Br)ccc2N1Cc1ccc([N+](=O)[O-])cc1. The standard InChI is InChI=1S/C15H10BrN3O4/c16-10-3-6-13-12(7-10)14(17-21)15(20)18(13)8-9-1-4-11(5-2-9)19(22)23/h1-7,21H,8H2/b17-14-. The maximum absolute atomic E-state index is 12.4. The van der Waals surface area contributed by atoms with Gasteiger partial charge in [0.2, 0.25) is 0 Å². The Morgan fingerprint density at radius 1 is 1.22 bits per heavy atom. The molecule has 0 aliphatic carbocycles. The fourth-order valence-electron chi connectivity index (χ4n) is 2.45. The maximum Gasteiger partial charge on any atom is 0.281 e. The van der Waals surface area contributed by atoms with Crippen LogP contribution in [0, 0.1) is 10.1 Å². The summed E-state index contributed by atoms with van der Waals surface area (Å²) in [6, 6.07) is 11.2. The number of halogens is 1. The molecule has 2 aromatic rings. The van der Waals surface area contributed by atoms with E-state index in [4.69, 9.17) is 5.21 Å². The summed E-state index contributed by atoms with van der Waals surface area (Å²) in [4.78, 5) is 24.1. The van der Waals surface area contributed by atoms with Crippen molar-refractivity contribution in [2.24, 2.45) is 5.16 Å². The molecule has 23 heavy (non-hydrogen) atoms. The van der Waals surface area contributed by atoms with Gasteiger partial charge in [-0.1, -0.05) is 33.2 Å². The fourth-order valence-corrected chi connectivity index (χ4v) is 2.81. The van der Waals surface area contributed by atoms with E-state index >= 15 is 0 Å². The molecule has 0 fully saturated rings. The van der Waals surface area contributed by atoms with Crippen LogP contribution in [0.1, 0.15) is 11.1 Å². The predicted octanol–water partition coefficient (Wildman–Crippen LogP) is 3.08.